The standard InChI is InChI=1S/C32H25N3O5/c33-19-28(22-14-16-23(17-15-22)35(38)39)31(36)30(18-21-8-2-1-3-9-21)34-32(37)40-20-29-26-12-6-4-10-24(26)25-11-5-7-13-27(25)29/h1-17,29-30,36H,18,20H2,(H,34,37)/b31-28-/t30-/m0/s1. The van der Waals surface area contributed by atoms with Crippen LogP contribution in [0.3, 0.4) is 0 Å². The lowest BCUT2D eigenvalue weighted by Crippen LogP contribution is -2.39. The average molecular weight is 532 g/mol. The summed E-state index contributed by atoms with van der Waals surface area (Å²) < 4.78 is 5.68. The predicted molar refractivity (Wildman–Crippen MR) is 150 cm³/mol. The molecule has 1 atom stereocenters. The maximum atomic E-state index is 13.1. The minimum absolute atomic E-state index is 0.0931. The van der Waals surface area contributed by atoms with E-state index in [1.165, 1.54) is 24.3 Å². The van der Waals surface area contributed by atoms with Gasteiger partial charge < -0.3 is 15.2 Å². The first kappa shape index (κ1) is 26.2. The Morgan fingerprint density at radius 3 is 2.08 bits per heavy atom. The van der Waals surface area contributed by atoms with Crippen LogP contribution < -0.4 is 5.32 Å². The topological polar surface area (TPSA) is 125 Å². The van der Waals surface area contributed by atoms with E-state index in [4.69, 9.17) is 4.74 Å². The number of nitrogens with one attached hydrogen (secondary N) is 1. The van der Waals surface area contributed by atoms with Crippen molar-refractivity contribution in [1.82, 2.24) is 5.32 Å². The van der Waals surface area contributed by atoms with Crippen LogP contribution >= 0.6 is 0 Å². The second-order valence-electron chi connectivity index (χ2n) is 9.39. The Bertz CT molecular complexity index is 1580. The number of nitro groups is 1. The van der Waals surface area contributed by atoms with Crippen LogP contribution in [0.25, 0.3) is 16.7 Å². The molecule has 0 bridgehead atoms. The fourth-order valence-electron chi connectivity index (χ4n) is 5.04. The van der Waals surface area contributed by atoms with E-state index < -0.39 is 17.1 Å². The average Bonchev–Trinajstić information content (AvgIpc) is 3.30. The van der Waals surface area contributed by atoms with Crippen LogP contribution in [0.1, 0.15) is 28.2 Å². The number of amides is 1. The molecule has 0 aromatic heterocycles. The van der Waals surface area contributed by atoms with Crippen molar-refractivity contribution in [2.24, 2.45) is 0 Å². The highest BCUT2D eigenvalue weighted by molar-refractivity contribution is 5.81. The third-order valence-corrected chi connectivity index (χ3v) is 6.98. The van der Waals surface area contributed by atoms with Crippen molar-refractivity contribution < 1.29 is 19.6 Å². The smallest absolute Gasteiger partial charge is 0.407 e. The van der Waals surface area contributed by atoms with E-state index in [1.54, 1.807) is 0 Å². The minimum Gasteiger partial charge on any atom is -0.509 e. The molecule has 2 N–H and O–H groups in total. The first-order valence-corrected chi connectivity index (χ1v) is 12.7. The summed E-state index contributed by atoms with van der Waals surface area (Å²) in [5, 5.41) is 34.8. The van der Waals surface area contributed by atoms with E-state index in [1.807, 2.05) is 72.8 Å². The number of benzene rings is 4. The largest absolute Gasteiger partial charge is 0.509 e. The van der Waals surface area contributed by atoms with E-state index in [0.717, 1.165) is 27.8 Å². The molecule has 0 saturated carbocycles. The molecule has 5 rings (SSSR count). The molecule has 0 saturated heterocycles. The lowest BCUT2D eigenvalue weighted by atomic mass is 9.98. The molecule has 0 radical (unpaired) electrons. The molecule has 0 heterocycles. The first-order valence-electron chi connectivity index (χ1n) is 12.7. The van der Waals surface area contributed by atoms with Gasteiger partial charge in [-0.1, -0.05) is 78.9 Å². The zero-order valence-electron chi connectivity index (χ0n) is 21.4. The molecule has 1 amide bonds. The fourth-order valence-corrected chi connectivity index (χ4v) is 5.04. The number of alkyl carbamates (subject to hydrolysis) is 1. The van der Waals surface area contributed by atoms with Gasteiger partial charge in [0.25, 0.3) is 5.69 Å². The van der Waals surface area contributed by atoms with Crippen molar-refractivity contribution in [3.63, 3.8) is 0 Å². The summed E-state index contributed by atoms with van der Waals surface area (Å²) in [6, 6.07) is 31.5. The van der Waals surface area contributed by atoms with Gasteiger partial charge >= 0.3 is 6.09 Å². The van der Waals surface area contributed by atoms with Gasteiger partial charge in [0.05, 0.1) is 16.5 Å². The summed E-state index contributed by atoms with van der Waals surface area (Å²) in [6.07, 6.45) is -0.551. The van der Waals surface area contributed by atoms with Crippen molar-refractivity contribution in [3.8, 4) is 17.2 Å². The van der Waals surface area contributed by atoms with Crippen LogP contribution in [0, 0.1) is 21.4 Å². The zero-order valence-corrected chi connectivity index (χ0v) is 21.4. The van der Waals surface area contributed by atoms with Crippen LogP contribution in [-0.2, 0) is 11.2 Å². The second kappa shape index (κ2) is 11.5. The van der Waals surface area contributed by atoms with Crippen molar-refractivity contribution in [2.45, 2.75) is 18.4 Å². The summed E-state index contributed by atoms with van der Waals surface area (Å²) in [5.41, 5.74) is 5.23. The molecule has 8 nitrogen and oxygen atoms in total. The number of allylic oxidation sites excluding steroid dienone is 1. The number of nitrogens with zero attached hydrogens (tertiary/aromatic N) is 2. The van der Waals surface area contributed by atoms with Gasteiger partial charge in [-0.3, -0.25) is 10.1 Å². The van der Waals surface area contributed by atoms with Crippen LogP contribution in [0.2, 0.25) is 0 Å². The monoisotopic (exact) mass is 531 g/mol. The number of carbonyl (C=O) groups excluding carboxylic acids is 1. The van der Waals surface area contributed by atoms with E-state index >= 15 is 0 Å². The van der Waals surface area contributed by atoms with Crippen LogP contribution in [-0.4, -0.2) is 28.8 Å². The van der Waals surface area contributed by atoms with Crippen molar-refractivity contribution in [2.75, 3.05) is 6.61 Å². The second-order valence-corrected chi connectivity index (χ2v) is 9.39. The van der Waals surface area contributed by atoms with E-state index in [0.29, 0.717) is 0 Å². The lowest BCUT2D eigenvalue weighted by Gasteiger charge is -2.21. The number of fused-ring (bicyclic) bond motifs is 3. The van der Waals surface area contributed by atoms with E-state index in [-0.39, 0.29) is 41.5 Å². The van der Waals surface area contributed by atoms with Crippen molar-refractivity contribution >= 4 is 17.4 Å². The number of nitriles is 1. The third-order valence-electron chi connectivity index (χ3n) is 6.98. The summed E-state index contributed by atoms with van der Waals surface area (Å²) >= 11 is 0. The van der Waals surface area contributed by atoms with Gasteiger partial charge in [-0.05, 0) is 45.5 Å². The third kappa shape index (κ3) is 5.40. The van der Waals surface area contributed by atoms with Gasteiger partial charge in [0.15, 0.2) is 0 Å². The molecule has 40 heavy (non-hydrogen) atoms. The van der Waals surface area contributed by atoms with E-state index in [9.17, 15) is 25.3 Å². The Morgan fingerprint density at radius 1 is 0.925 bits per heavy atom. The number of aliphatic hydroxyl groups is 1. The highest BCUT2D eigenvalue weighted by Gasteiger charge is 2.30. The summed E-state index contributed by atoms with van der Waals surface area (Å²) in [5.74, 6) is -0.502. The van der Waals surface area contributed by atoms with Gasteiger partial charge in [0, 0.05) is 24.5 Å². The summed E-state index contributed by atoms with van der Waals surface area (Å²) in [4.78, 5) is 23.6. The number of rotatable bonds is 8. The van der Waals surface area contributed by atoms with Crippen LogP contribution in [0.15, 0.2) is 109 Å². The summed E-state index contributed by atoms with van der Waals surface area (Å²) in [7, 11) is 0. The molecule has 0 fully saturated rings. The lowest BCUT2D eigenvalue weighted by molar-refractivity contribution is -0.384. The Balaban J connectivity index is 1.38. The highest BCUT2D eigenvalue weighted by Crippen LogP contribution is 2.44. The Kier molecular flexibility index (Phi) is 7.56. The molecular weight excluding hydrogens is 506 g/mol. The van der Waals surface area contributed by atoms with Gasteiger partial charge in [-0.15, -0.1) is 0 Å². The number of nitro benzene ring substituents is 1. The van der Waals surface area contributed by atoms with Gasteiger partial charge in [0.1, 0.15) is 18.4 Å². The number of hydrogen-bond donors (Lipinski definition) is 2. The molecule has 8 heteroatoms. The Hall–Kier alpha value is -5.42. The molecule has 1 aliphatic carbocycles. The molecule has 4 aromatic rings. The Labute approximate surface area is 230 Å². The van der Waals surface area contributed by atoms with Crippen LogP contribution in [0.4, 0.5) is 10.5 Å². The predicted octanol–water partition coefficient (Wildman–Crippen LogP) is 6.54. The number of aliphatic hydroxyl groups excluding tert-OH is 1. The molecule has 0 unspecified atom stereocenters. The fraction of sp³-hybridized carbons (Fsp3) is 0.125. The quantitative estimate of drug-likeness (QED) is 0.115. The van der Waals surface area contributed by atoms with Gasteiger partial charge in [-0.2, -0.15) is 5.26 Å². The number of ether oxygens (including phenoxy) is 1. The Morgan fingerprint density at radius 2 is 1.50 bits per heavy atom. The van der Waals surface area contributed by atoms with Crippen molar-refractivity contribution in [1.29, 1.82) is 5.26 Å². The molecule has 0 aliphatic heterocycles. The van der Waals surface area contributed by atoms with Gasteiger partial charge in [0.2, 0.25) is 0 Å². The maximum Gasteiger partial charge on any atom is 0.407 e. The van der Waals surface area contributed by atoms with Crippen LogP contribution in [0.5, 0.6) is 0 Å². The maximum absolute atomic E-state index is 13.1. The highest BCUT2D eigenvalue weighted by atomic mass is 16.6. The minimum atomic E-state index is -0.983. The SMILES string of the molecule is N#C/C(=C(/O)[C@H](Cc1ccccc1)NC(=O)OCC1c2ccccc2-c2ccccc21)c1ccc([N+](=O)[O-])cc1. The number of hydrogen-bond acceptors (Lipinski definition) is 6. The summed E-state index contributed by atoms with van der Waals surface area (Å²) in [6.45, 7) is 0.0931. The first-order chi connectivity index (χ1) is 19.5. The molecule has 0 spiro atoms. The number of non-ortho nitro benzene ring substituents is 1. The molecule has 1 aliphatic rings. The van der Waals surface area contributed by atoms with E-state index in [2.05, 4.69) is 17.4 Å². The molecule has 198 valence electrons. The molecule has 4 aromatic carbocycles. The zero-order chi connectivity index (χ0) is 28.1. The normalized spacial score (nSPS) is 13.3. The number of carbonyl (C=O) groups is 1. The molecular formula is C32H25N3O5. The van der Waals surface area contributed by atoms with Gasteiger partial charge in [-0.25, -0.2) is 4.79 Å². The van der Waals surface area contributed by atoms with Crippen molar-refractivity contribution in [3.05, 3.63) is 141 Å².